The molecule has 0 unspecified atom stereocenters. The molecule has 0 radical (unpaired) electrons. The Balaban J connectivity index is 1.50. The van der Waals surface area contributed by atoms with Crippen molar-refractivity contribution in [1.82, 2.24) is 14.9 Å². The van der Waals surface area contributed by atoms with Crippen LogP contribution in [0.25, 0.3) is 11.1 Å². The molecule has 8 nitrogen and oxygen atoms in total. The maximum atomic E-state index is 13.6. The van der Waals surface area contributed by atoms with Gasteiger partial charge in [0.1, 0.15) is 5.75 Å². The van der Waals surface area contributed by atoms with Crippen LogP contribution in [0.1, 0.15) is 10.4 Å². The van der Waals surface area contributed by atoms with Crippen molar-refractivity contribution in [3.63, 3.8) is 0 Å². The van der Waals surface area contributed by atoms with E-state index >= 15 is 0 Å². The second-order valence-corrected chi connectivity index (χ2v) is 7.40. The molecule has 1 amide bonds. The number of benzene rings is 2. The lowest BCUT2D eigenvalue weighted by Crippen LogP contribution is -2.40. The van der Waals surface area contributed by atoms with E-state index in [4.69, 9.17) is 12.5 Å². The summed E-state index contributed by atoms with van der Waals surface area (Å²) < 4.78 is 29.4. The molecule has 0 saturated carbocycles. The van der Waals surface area contributed by atoms with E-state index in [2.05, 4.69) is 15.3 Å². The van der Waals surface area contributed by atoms with Crippen molar-refractivity contribution in [3.05, 3.63) is 60.2 Å². The number of hydrogen-bond donors (Lipinski definition) is 1. The Hall–Kier alpha value is -2.99. The quantitative estimate of drug-likeness (QED) is 0.460. The predicted octanol–water partition coefficient (Wildman–Crippen LogP) is 4.24. The molecule has 2 aromatic carbocycles. The molecule has 1 saturated heterocycles. The van der Waals surface area contributed by atoms with Crippen LogP contribution in [0.2, 0.25) is 0 Å². The molecule has 0 bridgehead atoms. The monoisotopic (exact) mass is 550 g/mol. The van der Waals surface area contributed by atoms with Crippen molar-refractivity contribution in [3.8, 4) is 22.6 Å². The molecule has 0 atom stereocenters. The molecule has 10 heteroatoms. The van der Waals surface area contributed by atoms with Gasteiger partial charge in [0, 0.05) is 36.6 Å². The van der Waals surface area contributed by atoms with Gasteiger partial charge in [0.2, 0.25) is 5.95 Å². The number of anilines is 2. The number of hydrogen-bond acceptors (Lipinski definition) is 7. The fraction of sp³-hybridized carbons (Fsp3) is 0.227. The smallest absolute Gasteiger partial charge is 0.254 e. The summed E-state index contributed by atoms with van der Waals surface area (Å²) in [5, 5.41) is 3.10. The summed E-state index contributed by atoms with van der Waals surface area (Å²) in [6, 6.07) is 9.74. The van der Waals surface area contributed by atoms with Gasteiger partial charge in [0.15, 0.2) is 34.6 Å². The van der Waals surface area contributed by atoms with E-state index in [1.165, 1.54) is 13.2 Å². The van der Waals surface area contributed by atoms with Gasteiger partial charge in [0.25, 0.3) is 5.91 Å². The number of carbonyl (C=O) groups excluding carboxylic acids is 1. The zero-order valence-corrected chi connectivity index (χ0v) is 19.3. The lowest BCUT2D eigenvalue weighted by molar-refractivity contribution is 0.0302. The Kier molecular flexibility index (Phi) is 7.00. The number of methoxy groups -OCH3 is 1. The third-order valence-corrected chi connectivity index (χ3v) is 5.47. The van der Waals surface area contributed by atoms with Gasteiger partial charge in [-0.3, -0.25) is 4.79 Å². The fourth-order valence-electron chi connectivity index (χ4n) is 3.28. The average molecular weight is 550 g/mol. The molecule has 2 heterocycles. The van der Waals surface area contributed by atoms with E-state index in [9.17, 15) is 9.18 Å². The number of ether oxygens (including phenoxy) is 2. The van der Waals surface area contributed by atoms with Crippen LogP contribution in [0.15, 0.2) is 48.8 Å². The molecule has 4 rings (SSSR count). The van der Waals surface area contributed by atoms with E-state index in [1.807, 2.05) is 0 Å². The van der Waals surface area contributed by atoms with Crippen LogP contribution >= 0.6 is 23.0 Å². The van der Waals surface area contributed by atoms with Gasteiger partial charge >= 0.3 is 0 Å². The van der Waals surface area contributed by atoms with Crippen LogP contribution in [0, 0.1) is 5.82 Å². The first-order chi connectivity index (χ1) is 15.6. The molecular weight excluding hydrogens is 530 g/mol. The van der Waals surface area contributed by atoms with Crippen LogP contribution < -0.4 is 13.1 Å². The first kappa shape index (κ1) is 22.2. The van der Waals surface area contributed by atoms with Crippen LogP contribution in [-0.2, 0) is 4.74 Å². The first-order valence-electron chi connectivity index (χ1n) is 9.81. The van der Waals surface area contributed by atoms with E-state index in [-0.39, 0.29) is 11.7 Å². The maximum absolute atomic E-state index is 13.6. The van der Waals surface area contributed by atoms with Crippen molar-refractivity contribution in [2.75, 3.05) is 38.7 Å². The topological polar surface area (TPSA) is 85.8 Å². The summed E-state index contributed by atoms with van der Waals surface area (Å²) in [5.74, 6) is 0.491. The van der Waals surface area contributed by atoms with Crippen molar-refractivity contribution in [2.24, 2.45) is 0 Å². The number of nitrogens with zero attached hydrogens (tertiary/aromatic N) is 3. The molecule has 3 aromatic rings. The van der Waals surface area contributed by atoms with Crippen LogP contribution in [0.3, 0.4) is 0 Å². The minimum atomic E-state index is -0.440. The Morgan fingerprint density at radius 2 is 1.84 bits per heavy atom. The van der Waals surface area contributed by atoms with Gasteiger partial charge in [-0.25, -0.2) is 14.4 Å². The Morgan fingerprint density at radius 3 is 2.53 bits per heavy atom. The molecule has 1 aromatic heterocycles. The minimum absolute atomic E-state index is 0.0621. The van der Waals surface area contributed by atoms with Gasteiger partial charge < -0.3 is 22.8 Å². The summed E-state index contributed by atoms with van der Waals surface area (Å²) in [7, 11) is 1.54. The Morgan fingerprint density at radius 1 is 1.09 bits per heavy atom. The molecule has 1 aliphatic heterocycles. The van der Waals surface area contributed by atoms with Gasteiger partial charge in [-0.2, -0.15) is 0 Å². The molecule has 0 spiro atoms. The van der Waals surface area contributed by atoms with Gasteiger partial charge in [0.05, 0.1) is 26.0 Å². The van der Waals surface area contributed by atoms with Gasteiger partial charge in [-0.1, -0.05) is 6.07 Å². The number of morpholine rings is 1. The van der Waals surface area contributed by atoms with E-state index in [0.717, 1.165) is 5.56 Å². The Labute approximate surface area is 198 Å². The van der Waals surface area contributed by atoms with Crippen molar-refractivity contribution < 1.29 is 21.7 Å². The highest BCUT2D eigenvalue weighted by molar-refractivity contribution is 14.1. The van der Waals surface area contributed by atoms with Crippen LogP contribution in [-0.4, -0.2) is 54.2 Å². The summed E-state index contributed by atoms with van der Waals surface area (Å²) in [6.07, 6.45) is 3.25. The average Bonchev–Trinajstić information content (AvgIpc) is 2.85. The van der Waals surface area contributed by atoms with E-state index in [1.54, 1.807) is 70.6 Å². The van der Waals surface area contributed by atoms with Gasteiger partial charge in [-0.15, -0.1) is 0 Å². The molecule has 32 heavy (non-hydrogen) atoms. The highest BCUT2D eigenvalue weighted by atomic mass is 127. The van der Waals surface area contributed by atoms with Gasteiger partial charge in [-0.05, 0) is 35.9 Å². The van der Waals surface area contributed by atoms with Crippen LogP contribution in [0.4, 0.5) is 16.0 Å². The molecule has 1 aliphatic rings. The van der Waals surface area contributed by atoms with Crippen LogP contribution in [0.5, 0.6) is 11.5 Å². The predicted molar refractivity (Wildman–Crippen MR) is 125 cm³/mol. The number of rotatable bonds is 6. The molecule has 0 aliphatic carbocycles. The lowest BCUT2D eigenvalue weighted by Gasteiger charge is -2.27. The second kappa shape index (κ2) is 10.1. The standard InChI is InChI=1S/C22H20FIN4O4/c1-30-20-11-15(21(29)28-6-8-31-9-7-28)3-5-18(20)27-22-25-12-16(13-26-22)14-2-4-17(23)19(10-14)32-24/h2-5,10-13H,6-9H2,1H3,(H,25,26,27). The number of aromatic nitrogens is 2. The molecule has 1 fully saturated rings. The first-order valence-corrected chi connectivity index (χ1v) is 10.7. The molecule has 166 valence electrons. The Bertz CT molecular complexity index is 1110. The zero-order valence-electron chi connectivity index (χ0n) is 17.2. The number of amides is 1. The zero-order chi connectivity index (χ0) is 22.5. The summed E-state index contributed by atoms with van der Waals surface area (Å²) >= 11 is 1.64. The highest BCUT2D eigenvalue weighted by Gasteiger charge is 2.20. The normalized spacial score (nSPS) is 13.5. The lowest BCUT2D eigenvalue weighted by atomic mass is 10.1. The second-order valence-electron chi connectivity index (χ2n) is 6.96. The number of nitrogens with one attached hydrogen (secondary N) is 1. The summed E-state index contributed by atoms with van der Waals surface area (Å²) in [5.41, 5.74) is 2.60. The third-order valence-electron chi connectivity index (χ3n) is 4.99. The highest BCUT2D eigenvalue weighted by Crippen LogP contribution is 2.30. The molecular formula is C22H20FIN4O4. The SMILES string of the molecule is COc1cc(C(=O)N2CCOCC2)ccc1Nc1ncc(-c2ccc(F)c(OI)c2)cn1. The third kappa shape index (κ3) is 4.91. The summed E-state index contributed by atoms with van der Waals surface area (Å²) in [4.78, 5) is 23.1. The number of halogens is 2. The van der Waals surface area contributed by atoms with E-state index < -0.39 is 5.82 Å². The minimum Gasteiger partial charge on any atom is -0.495 e. The fourth-order valence-corrected chi connectivity index (χ4v) is 3.62. The summed E-state index contributed by atoms with van der Waals surface area (Å²) in [6.45, 7) is 2.22. The molecule has 1 N–H and O–H groups in total. The van der Waals surface area contributed by atoms with Crippen molar-refractivity contribution in [1.29, 1.82) is 0 Å². The maximum Gasteiger partial charge on any atom is 0.254 e. The number of carbonyl (C=O) groups is 1. The largest absolute Gasteiger partial charge is 0.495 e. The van der Waals surface area contributed by atoms with E-state index in [0.29, 0.717) is 54.8 Å². The van der Waals surface area contributed by atoms with Crippen molar-refractivity contribution in [2.45, 2.75) is 0 Å². The van der Waals surface area contributed by atoms with Crippen molar-refractivity contribution >= 4 is 40.5 Å².